The Morgan fingerprint density at radius 2 is 1.84 bits per heavy atom. The molecule has 96 valence electrons. The van der Waals surface area contributed by atoms with E-state index in [0.717, 1.165) is 11.3 Å². The Hall–Kier alpha value is -2.16. The fraction of sp³-hybridized carbons (Fsp3) is 0.250. The van der Waals surface area contributed by atoms with Gasteiger partial charge in [0.1, 0.15) is 0 Å². The summed E-state index contributed by atoms with van der Waals surface area (Å²) in [6.45, 7) is 6.67. The summed E-state index contributed by atoms with van der Waals surface area (Å²) in [7, 11) is 0. The standard InChI is InChI=1S/C16H17N3/c1-16(2,3)13-8-5-4-7-12(13)14-11-15-17-9-6-10-19(15)18-14/h4-11H,1-3H3. The monoisotopic (exact) mass is 251 g/mol. The molecule has 19 heavy (non-hydrogen) atoms. The Balaban J connectivity index is 2.22. The molecule has 1 aromatic carbocycles. The molecule has 0 amide bonds. The Bertz CT molecular complexity index is 687. The van der Waals surface area contributed by atoms with Crippen molar-refractivity contribution in [3.63, 3.8) is 0 Å². The minimum absolute atomic E-state index is 0.0970. The van der Waals surface area contributed by atoms with Gasteiger partial charge in [-0.3, -0.25) is 0 Å². The minimum atomic E-state index is 0.0970. The van der Waals surface area contributed by atoms with Crippen molar-refractivity contribution in [2.45, 2.75) is 26.2 Å². The van der Waals surface area contributed by atoms with Gasteiger partial charge in [-0.05, 0) is 17.0 Å². The second-order valence-corrected chi connectivity index (χ2v) is 5.75. The van der Waals surface area contributed by atoms with Crippen LogP contribution in [0, 0.1) is 0 Å². The molecule has 3 heteroatoms. The summed E-state index contributed by atoms with van der Waals surface area (Å²) in [5, 5.41) is 4.61. The smallest absolute Gasteiger partial charge is 0.155 e. The maximum absolute atomic E-state index is 4.61. The molecule has 0 radical (unpaired) electrons. The lowest BCUT2D eigenvalue weighted by Gasteiger charge is -2.21. The highest BCUT2D eigenvalue weighted by atomic mass is 15.2. The van der Waals surface area contributed by atoms with E-state index < -0.39 is 0 Å². The lowest BCUT2D eigenvalue weighted by Crippen LogP contribution is -2.12. The number of benzene rings is 1. The van der Waals surface area contributed by atoms with Crippen LogP contribution in [0.25, 0.3) is 16.9 Å². The first kappa shape index (κ1) is 11.9. The van der Waals surface area contributed by atoms with E-state index in [-0.39, 0.29) is 5.41 Å². The molecule has 0 aliphatic carbocycles. The zero-order valence-electron chi connectivity index (χ0n) is 11.5. The highest BCUT2D eigenvalue weighted by Gasteiger charge is 2.19. The molecule has 2 heterocycles. The first-order valence-electron chi connectivity index (χ1n) is 6.46. The Morgan fingerprint density at radius 3 is 2.58 bits per heavy atom. The van der Waals surface area contributed by atoms with Crippen molar-refractivity contribution in [2.75, 3.05) is 0 Å². The van der Waals surface area contributed by atoms with E-state index in [1.807, 2.05) is 22.8 Å². The van der Waals surface area contributed by atoms with Crippen LogP contribution in [0.5, 0.6) is 0 Å². The second-order valence-electron chi connectivity index (χ2n) is 5.75. The van der Waals surface area contributed by atoms with Gasteiger partial charge >= 0.3 is 0 Å². The van der Waals surface area contributed by atoms with Crippen LogP contribution in [0.1, 0.15) is 26.3 Å². The van der Waals surface area contributed by atoms with Crippen LogP contribution in [-0.2, 0) is 5.41 Å². The Labute approximate surface area is 112 Å². The molecule has 0 N–H and O–H groups in total. The molecule has 0 aliphatic heterocycles. The van der Waals surface area contributed by atoms with Gasteiger partial charge < -0.3 is 0 Å². The van der Waals surface area contributed by atoms with Crippen LogP contribution in [0.3, 0.4) is 0 Å². The van der Waals surface area contributed by atoms with Crippen molar-refractivity contribution in [1.29, 1.82) is 0 Å². The number of hydrogen-bond donors (Lipinski definition) is 0. The zero-order valence-corrected chi connectivity index (χ0v) is 11.5. The van der Waals surface area contributed by atoms with E-state index in [1.165, 1.54) is 11.1 Å². The van der Waals surface area contributed by atoms with Crippen molar-refractivity contribution in [3.05, 3.63) is 54.4 Å². The molecule has 3 rings (SSSR count). The quantitative estimate of drug-likeness (QED) is 0.660. The van der Waals surface area contributed by atoms with Crippen molar-refractivity contribution >= 4 is 5.65 Å². The number of hydrogen-bond acceptors (Lipinski definition) is 2. The summed E-state index contributed by atoms with van der Waals surface area (Å²) in [5.74, 6) is 0. The van der Waals surface area contributed by atoms with Gasteiger partial charge in [0.15, 0.2) is 5.65 Å². The van der Waals surface area contributed by atoms with E-state index in [9.17, 15) is 0 Å². The molecule has 3 aromatic rings. The first-order valence-corrected chi connectivity index (χ1v) is 6.46. The predicted molar refractivity (Wildman–Crippen MR) is 77.1 cm³/mol. The van der Waals surface area contributed by atoms with Crippen molar-refractivity contribution in [3.8, 4) is 11.3 Å². The van der Waals surface area contributed by atoms with Gasteiger partial charge in [0.05, 0.1) is 5.69 Å². The fourth-order valence-electron chi connectivity index (χ4n) is 2.32. The van der Waals surface area contributed by atoms with Crippen molar-refractivity contribution in [2.24, 2.45) is 0 Å². The van der Waals surface area contributed by atoms with E-state index in [1.54, 1.807) is 6.20 Å². The number of nitrogens with zero attached hydrogens (tertiary/aromatic N) is 3. The van der Waals surface area contributed by atoms with Crippen LogP contribution in [0.2, 0.25) is 0 Å². The summed E-state index contributed by atoms with van der Waals surface area (Å²) in [4.78, 5) is 4.32. The van der Waals surface area contributed by atoms with Crippen LogP contribution in [-0.4, -0.2) is 14.6 Å². The molecule has 0 fully saturated rings. The maximum atomic E-state index is 4.61. The molecular formula is C16H17N3. The third-order valence-corrected chi connectivity index (χ3v) is 3.25. The third kappa shape index (κ3) is 2.12. The van der Waals surface area contributed by atoms with Gasteiger partial charge in [0.25, 0.3) is 0 Å². The summed E-state index contributed by atoms with van der Waals surface area (Å²) in [5.41, 5.74) is 4.43. The van der Waals surface area contributed by atoms with Crippen LogP contribution in [0.4, 0.5) is 0 Å². The Kier molecular flexibility index (Phi) is 2.63. The molecular weight excluding hydrogens is 234 g/mol. The summed E-state index contributed by atoms with van der Waals surface area (Å²) in [6.07, 6.45) is 3.71. The SMILES string of the molecule is CC(C)(C)c1ccccc1-c1cc2ncccn2n1. The molecule has 0 spiro atoms. The van der Waals surface area contributed by atoms with E-state index in [2.05, 4.69) is 55.1 Å². The van der Waals surface area contributed by atoms with Crippen LogP contribution >= 0.6 is 0 Å². The zero-order chi connectivity index (χ0) is 13.5. The van der Waals surface area contributed by atoms with E-state index in [0.29, 0.717) is 0 Å². The third-order valence-electron chi connectivity index (χ3n) is 3.25. The normalized spacial score (nSPS) is 11.9. The average molecular weight is 251 g/mol. The van der Waals surface area contributed by atoms with Gasteiger partial charge in [-0.2, -0.15) is 5.10 Å². The topological polar surface area (TPSA) is 30.2 Å². The van der Waals surface area contributed by atoms with Crippen molar-refractivity contribution < 1.29 is 0 Å². The predicted octanol–water partition coefficient (Wildman–Crippen LogP) is 3.69. The fourth-order valence-corrected chi connectivity index (χ4v) is 2.32. The minimum Gasteiger partial charge on any atom is -0.237 e. The molecule has 3 nitrogen and oxygen atoms in total. The van der Waals surface area contributed by atoms with Gasteiger partial charge in [-0.25, -0.2) is 9.50 Å². The number of aromatic nitrogens is 3. The maximum Gasteiger partial charge on any atom is 0.155 e. The molecule has 0 saturated heterocycles. The van der Waals surface area contributed by atoms with Crippen LogP contribution < -0.4 is 0 Å². The van der Waals surface area contributed by atoms with Gasteiger partial charge in [0.2, 0.25) is 0 Å². The molecule has 0 atom stereocenters. The van der Waals surface area contributed by atoms with Gasteiger partial charge in [0, 0.05) is 24.0 Å². The van der Waals surface area contributed by atoms with E-state index in [4.69, 9.17) is 0 Å². The number of fused-ring (bicyclic) bond motifs is 1. The molecule has 0 bridgehead atoms. The largest absolute Gasteiger partial charge is 0.237 e. The van der Waals surface area contributed by atoms with Crippen molar-refractivity contribution in [1.82, 2.24) is 14.6 Å². The van der Waals surface area contributed by atoms with E-state index >= 15 is 0 Å². The number of rotatable bonds is 1. The lowest BCUT2D eigenvalue weighted by atomic mass is 9.83. The highest BCUT2D eigenvalue weighted by molar-refractivity contribution is 5.68. The molecule has 0 aliphatic rings. The summed E-state index contributed by atoms with van der Waals surface area (Å²) < 4.78 is 1.81. The molecule has 0 unspecified atom stereocenters. The first-order chi connectivity index (χ1) is 9.05. The molecule has 2 aromatic heterocycles. The second kappa shape index (κ2) is 4.19. The summed E-state index contributed by atoms with van der Waals surface area (Å²) in [6, 6.07) is 12.4. The summed E-state index contributed by atoms with van der Waals surface area (Å²) >= 11 is 0. The van der Waals surface area contributed by atoms with Gasteiger partial charge in [-0.15, -0.1) is 0 Å². The highest BCUT2D eigenvalue weighted by Crippen LogP contribution is 2.32. The average Bonchev–Trinajstić information content (AvgIpc) is 2.81. The van der Waals surface area contributed by atoms with Gasteiger partial charge in [-0.1, -0.05) is 45.0 Å². The van der Waals surface area contributed by atoms with Crippen LogP contribution in [0.15, 0.2) is 48.8 Å². The Morgan fingerprint density at radius 1 is 1.05 bits per heavy atom. The lowest BCUT2D eigenvalue weighted by molar-refractivity contribution is 0.591. The molecule has 0 saturated carbocycles.